The molecule has 1 aromatic carbocycles. The first-order chi connectivity index (χ1) is 14.6. The lowest BCUT2D eigenvalue weighted by molar-refractivity contribution is 0.427. The van der Waals surface area contributed by atoms with Gasteiger partial charge in [-0.05, 0) is 49.4 Å². The van der Waals surface area contributed by atoms with E-state index < -0.39 is 0 Å². The van der Waals surface area contributed by atoms with Gasteiger partial charge >= 0.3 is 11.7 Å². The van der Waals surface area contributed by atoms with Crippen molar-refractivity contribution >= 4 is 33.9 Å². The van der Waals surface area contributed by atoms with Gasteiger partial charge in [-0.3, -0.25) is 9.13 Å². The quantitative estimate of drug-likeness (QED) is 0.440. The summed E-state index contributed by atoms with van der Waals surface area (Å²) in [7, 11) is 1.85. The fourth-order valence-corrected chi connectivity index (χ4v) is 3.66. The molecule has 5 aromatic rings. The molecular weight excluding hydrogens is 404 g/mol. The van der Waals surface area contributed by atoms with Crippen LogP contribution >= 0.6 is 11.6 Å². The summed E-state index contributed by atoms with van der Waals surface area (Å²) in [5.41, 5.74) is 3.27. The first-order valence-electron chi connectivity index (χ1n) is 9.39. The molecule has 30 heavy (non-hydrogen) atoms. The van der Waals surface area contributed by atoms with Gasteiger partial charge in [0.15, 0.2) is 11.3 Å². The van der Waals surface area contributed by atoms with Crippen molar-refractivity contribution in [1.82, 2.24) is 28.7 Å². The van der Waals surface area contributed by atoms with Gasteiger partial charge in [-0.2, -0.15) is 4.98 Å². The largest absolute Gasteiger partial charge is 0.425 e. The van der Waals surface area contributed by atoms with Crippen molar-refractivity contribution in [2.24, 2.45) is 7.05 Å². The number of rotatable bonds is 4. The summed E-state index contributed by atoms with van der Waals surface area (Å²) in [6, 6.07) is 13.1. The molecule has 0 fully saturated rings. The summed E-state index contributed by atoms with van der Waals surface area (Å²) in [6.07, 6.45) is 3.26. The maximum Gasteiger partial charge on any atom is 0.334 e. The molecule has 0 spiro atoms. The molecule has 0 aliphatic rings. The number of aromatic nitrogens is 6. The van der Waals surface area contributed by atoms with E-state index in [4.69, 9.17) is 16.3 Å². The Morgan fingerprint density at radius 2 is 1.90 bits per heavy atom. The Morgan fingerprint density at radius 3 is 2.63 bits per heavy atom. The summed E-state index contributed by atoms with van der Waals surface area (Å²) < 4.78 is 10.9. The minimum Gasteiger partial charge on any atom is -0.425 e. The highest BCUT2D eigenvalue weighted by atomic mass is 35.5. The van der Waals surface area contributed by atoms with E-state index in [0.717, 1.165) is 11.2 Å². The zero-order valence-corrected chi connectivity index (χ0v) is 17.0. The predicted octanol–water partition coefficient (Wildman–Crippen LogP) is 3.93. The molecule has 0 atom stereocenters. The molecule has 0 saturated carbocycles. The maximum atomic E-state index is 12.9. The number of hydrogen-bond donors (Lipinski definition) is 0. The SMILES string of the molecule is CCn1c(=O)n(-c2ccc(Oc3nc4cccnc4n3C)cc2)c2ncc(Cl)cc21. The number of halogens is 1. The van der Waals surface area contributed by atoms with E-state index >= 15 is 0 Å². The lowest BCUT2D eigenvalue weighted by Crippen LogP contribution is -2.22. The Balaban J connectivity index is 1.53. The molecule has 0 bridgehead atoms. The second-order valence-electron chi connectivity index (χ2n) is 6.75. The van der Waals surface area contributed by atoms with Crippen molar-refractivity contribution in [3.63, 3.8) is 0 Å². The van der Waals surface area contributed by atoms with Gasteiger partial charge in [0.1, 0.15) is 11.3 Å². The van der Waals surface area contributed by atoms with Crippen LogP contribution in [-0.2, 0) is 13.6 Å². The molecule has 150 valence electrons. The molecule has 0 unspecified atom stereocenters. The molecule has 9 heteroatoms. The number of pyridine rings is 2. The summed E-state index contributed by atoms with van der Waals surface area (Å²) in [5.74, 6) is 0.598. The Morgan fingerprint density at radius 1 is 1.10 bits per heavy atom. The number of nitrogens with zero attached hydrogens (tertiary/aromatic N) is 6. The van der Waals surface area contributed by atoms with Gasteiger partial charge in [0.2, 0.25) is 0 Å². The standard InChI is InChI=1S/C21H17ClN6O2/c1-3-27-17-11-13(22)12-24-19(17)28(21(27)29)14-6-8-15(9-7-14)30-20-25-16-5-4-10-23-18(16)26(20)2/h4-12H,3H2,1-2H3. The summed E-state index contributed by atoms with van der Waals surface area (Å²) in [5, 5.41) is 0.488. The molecule has 0 N–H and O–H groups in total. The highest BCUT2D eigenvalue weighted by molar-refractivity contribution is 6.31. The average Bonchev–Trinajstić information content (AvgIpc) is 3.21. The van der Waals surface area contributed by atoms with Crippen LogP contribution in [0, 0.1) is 0 Å². The van der Waals surface area contributed by atoms with Crippen LogP contribution in [0.1, 0.15) is 6.92 Å². The van der Waals surface area contributed by atoms with Crippen LogP contribution in [0.15, 0.2) is 59.7 Å². The first-order valence-corrected chi connectivity index (χ1v) is 9.77. The van der Waals surface area contributed by atoms with E-state index in [1.807, 2.05) is 38.2 Å². The van der Waals surface area contributed by atoms with E-state index in [1.54, 1.807) is 38.1 Å². The second-order valence-corrected chi connectivity index (χ2v) is 7.19. The molecule has 0 amide bonds. The van der Waals surface area contributed by atoms with Crippen molar-refractivity contribution in [3.8, 4) is 17.4 Å². The molecule has 0 radical (unpaired) electrons. The lowest BCUT2D eigenvalue weighted by atomic mass is 10.3. The fourth-order valence-electron chi connectivity index (χ4n) is 3.51. The van der Waals surface area contributed by atoms with Crippen LogP contribution in [0.2, 0.25) is 5.02 Å². The molecule has 0 aliphatic heterocycles. The third kappa shape index (κ3) is 2.84. The van der Waals surface area contributed by atoms with E-state index in [1.165, 1.54) is 6.20 Å². The number of ether oxygens (including phenoxy) is 1. The summed E-state index contributed by atoms with van der Waals surface area (Å²) >= 11 is 6.08. The number of fused-ring (bicyclic) bond motifs is 2. The van der Waals surface area contributed by atoms with Gasteiger partial charge in [-0.15, -0.1) is 0 Å². The van der Waals surface area contributed by atoms with Gasteiger partial charge in [0.25, 0.3) is 0 Å². The van der Waals surface area contributed by atoms with Gasteiger partial charge in [0, 0.05) is 26.0 Å². The van der Waals surface area contributed by atoms with Crippen LogP contribution in [0.25, 0.3) is 28.0 Å². The first kappa shape index (κ1) is 18.4. The third-order valence-electron chi connectivity index (χ3n) is 4.95. The number of benzene rings is 1. The van der Waals surface area contributed by atoms with Crippen molar-refractivity contribution in [1.29, 1.82) is 0 Å². The topological polar surface area (TPSA) is 79.8 Å². The zero-order valence-electron chi connectivity index (χ0n) is 16.3. The summed E-state index contributed by atoms with van der Waals surface area (Å²) in [4.78, 5) is 26.1. The van der Waals surface area contributed by atoms with Crippen molar-refractivity contribution in [2.75, 3.05) is 0 Å². The van der Waals surface area contributed by atoms with Crippen molar-refractivity contribution in [2.45, 2.75) is 13.5 Å². The smallest absolute Gasteiger partial charge is 0.334 e. The van der Waals surface area contributed by atoms with Crippen LogP contribution in [0.4, 0.5) is 0 Å². The van der Waals surface area contributed by atoms with Crippen LogP contribution in [-0.4, -0.2) is 28.7 Å². The van der Waals surface area contributed by atoms with Gasteiger partial charge in [-0.1, -0.05) is 11.6 Å². The predicted molar refractivity (Wildman–Crippen MR) is 115 cm³/mol. The van der Waals surface area contributed by atoms with E-state index in [0.29, 0.717) is 40.2 Å². The maximum absolute atomic E-state index is 12.9. The van der Waals surface area contributed by atoms with Crippen LogP contribution < -0.4 is 10.4 Å². The number of aryl methyl sites for hydroxylation is 2. The van der Waals surface area contributed by atoms with Gasteiger partial charge in [-0.25, -0.2) is 19.3 Å². The minimum absolute atomic E-state index is 0.169. The van der Waals surface area contributed by atoms with Crippen molar-refractivity contribution in [3.05, 3.63) is 70.4 Å². The molecule has 0 saturated heterocycles. The van der Waals surface area contributed by atoms with E-state index in [9.17, 15) is 4.79 Å². The van der Waals surface area contributed by atoms with E-state index in [-0.39, 0.29) is 5.69 Å². The highest BCUT2D eigenvalue weighted by Crippen LogP contribution is 2.25. The molecule has 0 aliphatic carbocycles. The second kappa shape index (κ2) is 7.00. The fraction of sp³-hybridized carbons (Fsp3) is 0.143. The third-order valence-corrected chi connectivity index (χ3v) is 5.15. The normalized spacial score (nSPS) is 11.4. The number of hydrogen-bond acceptors (Lipinski definition) is 5. The molecule has 4 aromatic heterocycles. The lowest BCUT2D eigenvalue weighted by Gasteiger charge is -2.07. The molecule has 8 nitrogen and oxygen atoms in total. The minimum atomic E-state index is -0.169. The Hall–Kier alpha value is -3.65. The monoisotopic (exact) mass is 420 g/mol. The summed E-state index contributed by atoms with van der Waals surface area (Å²) in [6.45, 7) is 2.43. The average molecular weight is 421 g/mol. The number of imidazole rings is 2. The Kier molecular flexibility index (Phi) is 4.29. The van der Waals surface area contributed by atoms with E-state index in [2.05, 4.69) is 15.0 Å². The molecule has 4 heterocycles. The van der Waals surface area contributed by atoms with Gasteiger partial charge in [0.05, 0.1) is 16.2 Å². The highest BCUT2D eigenvalue weighted by Gasteiger charge is 2.16. The van der Waals surface area contributed by atoms with Crippen LogP contribution in [0.3, 0.4) is 0 Å². The Labute approximate surface area is 176 Å². The van der Waals surface area contributed by atoms with Crippen molar-refractivity contribution < 1.29 is 4.74 Å². The zero-order chi connectivity index (χ0) is 20.8. The molecule has 5 rings (SSSR count). The molecular formula is C21H17ClN6O2. The Bertz CT molecular complexity index is 1450. The van der Waals surface area contributed by atoms with Crippen LogP contribution in [0.5, 0.6) is 11.8 Å². The van der Waals surface area contributed by atoms with Gasteiger partial charge < -0.3 is 4.74 Å².